The number of thiophene rings is 1. The van der Waals surface area contributed by atoms with Crippen LogP contribution in [0.1, 0.15) is 4.88 Å². The lowest BCUT2D eigenvalue weighted by Gasteiger charge is -2.34. The highest BCUT2D eigenvalue weighted by atomic mass is 35.5. The van der Waals surface area contributed by atoms with Crippen LogP contribution < -0.4 is 5.76 Å². The summed E-state index contributed by atoms with van der Waals surface area (Å²) in [6.45, 7) is 3.27. The van der Waals surface area contributed by atoms with Gasteiger partial charge in [-0.05, 0) is 36.4 Å². The Hall–Kier alpha value is -2.49. The number of rotatable bonds is 5. The van der Waals surface area contributed by atoms with Crippen LogP contribution in [0.15, 0.2) is 45.6 Å². The minimum absolute atomic E-state index is 0.0576. The Kier molecular flexibility index (Phi) is 5.79. The van der Waals surface area contributed by atoms with Crippen LogP contribution in [-0.4, -0.2) is 51.7 Å². The normalized spacial score (nSPS) is 15.0. The predicted molar refractivity (Wildman–Crippen MR) is 107 cm³/mol. The summed E-state index contributed by atoms with van der Waals surface area (Å²) < 4.78 is 19.9. The van der Waals surface area contributed by atoms with Gasteiger partial charge in [0.2, 0.25) is 11.8 Å². The van der Waals surface area contributed by atoms with E-state index in [2.05, 4.69) is 10.00 Å². The average molecular weight is 437 g/mol. The molecule has 1 aromatic carbocycles. The highest BCUT2D eigenvalue weighted by Crippen LogP contribution is 2.23. The maximum Gasteiger partial charge on any atom is 0.437 e. The van der Waals surface area contributed by atoms with E-state index in [9.17, 15) is 14.0 Å². The topological polar surface area (TPSA) is 71.6 Å². The molecule has 1 amide bonds. The first-order valence-electron chi connectivity index (χ1n) is 9.06. The molecule has 1 aliphatic rings. The van der Waals surface area contributed by atoms with Crippen molar-refractivity contribution in [1.82, 2.24) is 19.6 Å². The Morgan fingerprint density at radius 3 is 2.52 bits per heavy atom. The third kappa shape index (κ3) is 4.75. The van der Waals surface area contributed by atoms with E-state index in [0.29, 0.717) is 18.7 Å². The van der Waals surface area contributed by atoms with Crippen molar-refractivity contribution in [1.29, 1.82) is 0 Å². The van der Waals surface area contributed by atoms with Crippen LogP contribution in [0.25, 0.3) is 11.5 Å². The minimum atomic E-state index is -0.717. The number of piperazine rings is 1. The lowest BCUT2D eigenvalue weighted by Crippen LogP contribution is -2.49. The molecule has 1 fully saturated rings. The number of amides is 1. The van der Waals surface area contributed by atoms with Crippen molar-refractivity contribution < 1.29 is 13.6 Å². The fourth-order valence-electron chi connectivity index (χ4n) is 3.16. The fraction of sp³-hybridized carbons (Fsp3) is 0.316. The minimum Gasteiger partial charge on any atom is -0.388 e. The van der Waals surface area contributed by atoms with E-state index in [0.717, 1.165) is 28.7 Å². The first-order valence-corrected chi connectivity index (χ1v) is 10.3. The van der Waals surface area contributed by atoms with Crippen LogP contribution in [0.2, 0.25) is 4.34 Å². The summed E-state index contributed by atoms with van der Waals surface area (Å²) in [7, 11) is 0. The second kappa shape index (κ2) is 8.48. The van der Waals surface area contributed by atoms with Gasteiger partial charge in [-0.2, -0.15) is 4.68 Å². The maximum absolute atomic E-state index is 13.0. The van der Waals surface area contributed by atoms with Gasteiger partial charge in [-0.25, -0.2) is 9.18 Å². The summed E-state index contributed by atoms with van der Waals surface area (Å²) in [6, 6.07) is 9.34. The van der Waals surface area contributed by atoms with E-state index in [-0.39, 0.29) is 18.3 Å². The Labute approximate surface area is 174 Å². The maximum atomic E-state index is 13.0. The zero-order valence-corrected chi connectivity index (χ0v) is 17.0. The second-order valence-electron chi connectivity index (χ2n) is 6.70. The van der Waals surface area contributed by atoms with Crippen LogP contribution in [0.4, 0.5) is 4.39 Å². The summed E-state index contributed by atoms with van der Waals surface area (Å²) in [5.41, 5.74) is 0.469. The van der Waals surface area contributed by atoms with Gasteiger partial charge >= 0.3 is 5.76 Å². The van der Waals surface area contributed by atoms with Gasteiger partial charge in [-0.1, -0.05) is 11.6 Å². The molecule has 1 aliphatic heterocycles. The molecule has 0 radical (unpaired) electrons. The van der Waals surface area contributed by atoms with Gasteiger partial charge < -0.3 is 9.32 Å². The molecular weight excluding hydrogens is 419 g/mol. The fourth-order valence-corrected chi connectivity index (χ4v) is 4.29. The molecule has 1 saturated heterocycles. The molecule has 0 bridgehead atoms. The van der Waals surface area contributed by atoms with E-state index < -0.39 is 11.6 Å². The van der Waals surface area contributed by atoms with Crippen LogP contribution in [0, 0.1) is 5.82 Å². The molecule has 0 saturated carbocycles. The number of hydrogen-bond donors (Lipinski definition) is 0. The van der Waals surface area contributed by atoms with Crippen molar-refractivity contribution in [3.8, 4) is 11.5 Å². The largest absolute Gasteiger partial charge is 0.437 e. The molecule has 0 aliphatic carbocycles. The Morgan fingerprint density at radius 1 is 1.14 bits per heavy atom. The molecule has 10 heteroatoms. The molecule has 7 nitrogen and oxygen atoms in total. The van der Waals surface area contributed by atoms with Gasteiger partial charge in [0.1, 0.15) is 12.4 Å². The number of benzene rings is 1. The van der Waals surface area contributed by atoms with E-state index >= 15 is 0 Å². The third-order valence-electron chi connectivity index (χ3n) is 4.72. The quantitative estimate of drug-likeness (QED) is 0.615. The number of halogens is 2. The molecule has 2 aromatic heterocycles. The highest BCUT2D eigenvalue weighted by Gasteiger charge is 2.23. The Bertz CT molecular complexity index is 1050. The van der Waals surface area contributed by atoms with Crippen molar-refractivity contribution in [2.24, 2.45) is 0 Å². The van der Waals surface area contributed by atoms with Gasteiger partial charge in [0.05, 0.1) is 4.34 Å². The monoisotopic (exact) mass is 436 g/mol. The molecule has 0 unspecified atom stereocenters. The van der Waals surface area contributed by atoms with Gasteiger partial charge in [0.25, 0.3) is 0 Å². The van der Waals surface area contributed by atoms with Crippen LogP contribution in [0.5, 0.6) is 0 Å². The summed E-state index contributed by atoms with van der Waals surface area (Å²) in [6.07, 6.45) is 0. The lowest BCUT2D eigenvalue weighted by molar-refractivity contribution is -0.133. The van der Waals surface area contributed by atoms with E-state index in [4.69, 9.17) is 16.0 Å². The van der Waals surface area contributed by atoms with Gasteiger partial charge in [0, 0.05) is 43.2 Å². The van der Waals surface area contributed by atoms with Crippen molar-refractivity contribution in [3.63, 3.8) is 0 Å². The Balaban J connectivity index is 1.34. The molecule has 3 aromatic rings. The molecule has 3 heterocycles. The first-order chi connectivity index (χ1) is 14.0. The average Bonchev–Trinajstić information content (AvgIpc) is 3.28. The smallest absolute Gasteiger partial charge is 0.388 e. The number of hydrogen-bond acceptors (Lipinski definition) is 6. The van der Waals surface area contributed by atoms with Crippen LogP contribution >= 0.6 is 22.9 Å². The highest BCUT2D eigenvalue weighted by molar-refractivity contribution is 7.16. The molecule has 0 atom stereocenters. The summed E-state index contributed by atoms with van der Waals surface area (Å²) >= 11 is 7.53. The van der Waals surface area contributed by atoms with E-state index in [1.807, 2.05) is 12.1 Å². The van der Waals surface area contributed by atoms with Crippen molar-refractivity contribution in [2.75, 3.05) is 26.2 Å². The van der Waals surface area contributed by atoms with Crippen LogP contribution in [-0.2, 0) is 17.9 Å². The second-order valence-corrected chi connectivity index (χ2v) is 8.50. The number of carbonyl (C=O) groups is 1. The third-order valence-corrected chi connectivity index (χ3v) is 5.93. The summed E-state index contributed by atoms with van der Waals surface area (Å²) in [5, 5.41) is 4.06. The number of nitrogens with zero attached hydrogens (tertiary/aromatic N) is 4. The zero-order chi connectivity index (χ0) is 20.4. The number of carbonyl (C=O) groups excluding carboxylic acids is 1. The standard InChI is InChI=1S/C19H18ClFN4O3S/c20-16-6-5-15(29-16)11-23-7-9-24(10-8-23)17(26)12-25-19(27)28-18(22-25)13-1-3-14(21)4-2-13/h1-6H,7-12H2. The molecule has 0 spiro atoms. The predicted octanol–water partition coefficient (Wildman–Crippen LogP) is 2.70. The molecular formula is C19H18ClFN4O3S. The van der Waals surface area contributed by atoms with Gasteiger partial charge in [-0.3, -0.25) is 9.69 Å². The van der Waals surface area contributed by atoms with Crippen molar-refractivity contribution in [2.45, 2.75) is 13.1 Å². The lowest BCUT2D eigenvalue weighted by atomic mass is 10.2. The zero-order valence-electron chi connectivity index (χ0n) is 15.4. The van der Waals surface area contributed by atoms with E-state index in [1.54, 1.807) is 16.2 Å². The van der Waals surface area contributed by atoms with E-state index in [1.165, 1.54) is 29.1 Å². The Morgan fingerprint density at radius 2 is 1.86 bits per heavy atom. The molecule has 152 valence electrons. The van der Waals surface area contributed by atoms with Crippen molar-refractivity contribution >= 4 is 28.8 Å². The summed E-state index contributed by atoms with van der Waals surface area (Å²) in [4.78, 5) is 29.8. The van der Waals surface area contributed by atoms with Gasteiger partial charge in [0.15, 0.2) is 0 Å². The molecule has 4 rings (SSSR count). The molecule has 29 heavy (non-hydrogen) atoms. The SMILES string of the molecule is O=C(Cn1nc(-c2ccc(F)cc2)oc1=O)N1CCN(Cc2ccc(Cl)s2)CC1. The number of aromatic nitrogens is 2. The van der Waals surface area contributed by atoms with Crippen LogP contribution in [0.3, 0.4) is 0 Å². The summed E-state index contributed by atoms with van der Waals surface area (Å²) in [5.74, 6) is -1.25. The molecule has 0 N–H and O–H groups in total. The van der Waals surface area contributed by atoms with Crippen molar-refractivity contribution in [3.05, 3.63) is 62.0 Å². The first kappa shape index (κ1) is 19.8. The van der Waals surface area contributed by atoms with Gasteiger partial charge in [-0.15, -0.1) is 16.4 Å².